The van der Waals surface area contributed by atoms with Crippen LogP contribution in [-0.2, 0) is 5.41 Å². The minimum absolute atomic E-state index is 0.0580. The van der Waals surface area contributed by atoms with Gasteiger partial charge in [-0.1, -0.05) is 129 Å². The fourth-order valence-electron chi connectivity index (χ4n) is 7.51. The third-order valence-corrected chi connectivity index (χ3v) is 9.63. The van der Waals surface area contributed by atoms with Gasteiger partial charge in [-0.25, -0.2) is 0 Å². The van der Waals surface area contributed by atoms with Crippen molar-refractivity contribution in [2.75, 3.05) is 5.32 Å². The first-order valence-electron chi connectivity index (χ1n) is 15.6. The monoisotopic (exact) mass is 577 g/mol. The fraction of sp³-hybridized carbons (Fsp3) is 0.0698. The minimum Gasteiger partial charge on any atom is -0.455 e. The van der Waals surface area contributed by atoms with Crippen molar-refractivity contribution in [1.82, 2.24) is 0 Å². The standard InChI is InChI=1S/C43H31NO/c1-43(2)39-19-6-5-14-35(39)36-17-8-15-32(40(36)43)29-11-7-12-31(26-29)44-30-23-20-28(21-24-30)34-16-9-18-37-38-25-22-27-10-3-4-13-33(27)42(38)45-41(34)37/h3-26,44H,1-2H3. The van der Waals surface area contributed by atoms with Gasteiger partial charge >= 0.3 is 0 Å². The molecule has 0 spiro atoms. The van der Waals surface area contributed by atoms with E-state index in [9.17, 15) is 0 Å². The number of furan rings is 1. The molecule has 0 saturated carbocycles. The first-order chi connectivity index (χ1) is 22.1. The molecule has 1 aliphatic carbocycles. The third-order valence-electron chi connectivity index (χ3n) is 9.63. The lowest BCUT2D eigenvalue weighted by atomic mass is 9.79. The maximum atomic E-state index is 6.58. The minimum atomic E-state index is -0.0580. The van der Waals surface area contributed by atoms with Crippen molar-refractivity contribution in [3.63, 3.8) is 0 Å². The van der Waals surface area contributed by atoms with Crippen molar-refractivity contribution >= 4 is 44.1 Å². The van der Waals surface area contributed by atoms with Gasteiger partial charge in [0.05, 0.1) is 0 Å². The highest BCUT2D eigenvalue weighted by molar-refractivity contribution is 6.17. The van der Waals surface area contributed by atoms with Crippen LogP contribution in [0.1, 0.15) is 25.0 Å². The molecular formula is C43H31NO. The second-order valence-electron chi connectivity index (χ2n) is 12.6. The molecular weight excluding hydrogens is 546 g/mol. The van der Waals surface area contributed by atoms with Crippen molar-refractivity contribution in [2.45, 2.75) is 19.3 Å². The van der Waals surface area contributed by atoms with Crippen LogP contribution in [-0.4, -0.2) is 0 Å². The van der Waals surface area contributed by atoms with Crippen LogP contribution in [0.3, 0.4) is 0 Å². The molecule has 0 aliphatic heterocycles. The lowest BCUT2D eigenvalue weighted by molar-refractivity contribution is 0.662. The van der Waals surface area contributed by atoms with E-state index in [1.54, 1.807) is 0 Å². The number of nitrogens with one attached hydrogen (secondary N) is 1. The zero-order valence-electron chi connectivity index (χ0n) is 25.3. The maximum Gasteiger partial charge on any atom is 0.143 e. The molecule has 45 heavy (non-hydrogen) atoms. The number of fused-ring (bicyclic) bond motifs is 8. The molecule has 214 valence electrons. The number of hydrogen-bond donors (Lipinski definition) is 1. The molecule has 0 saturated heterocycles. The Balaban J connectivity index is 1.05. The molecule has 1 heterocycles. The summed E-state index contributed by atoms with van der Waals surface area (Å²) >= 11 is 0. The summed E-state index contributed by atoms with van der Waals surface area (Å²) in [5.41, 5.74) is 14.2. The van der Waals surface area contributed by atoms with E-state index in [4.69, 9.17) is 4.42 Å². The van der Waals surface area contributed by atoms with Gasteiger partial charge in [-0.15, -0.1) is 0 Å². The molecule has 1 aliphatic rings. The predicted octanol–water partition coefficient (Wildman–Crippen LogP) is 12.1. The number of benzene rings is 7. The molecule has 0 radical (unpaired) electrons. The summed E-state index contributed by atoms with van der Waals surface area (Å²) in [6, 6.07) is 52.2. The van der Waals surface area contributed by atoms with Crippen LogP contribution in [0.2, 0.25) is 0 Å². The van der Waals surface area contributed by atoms with Gasteiger partial charge in [0, 0.05) is 38.5 Å². The van der Waals surface area contributed by atoms with Gasteiger partial charge in [0.2, 0.25) is 0 Å². The Labute approximate surface area is 262 Å². The van der Waals surface area contributed by atoms with Crippen LogP contribution in [0.25, 0.3) is 66.1 Å². The van der Waals surface area contributed by atoms with Gasteiger partial charge in [0.1, 0.15) is 11.2 Å². The Kier molecular flexibility index (Phi) is 5.58. The van der Waals surface area contributed by atoms with E-state index in [-0.39, 0.29) is 5.41 Å². The van der Waals surface area contributed by atoms with E-state index >= 15 is 0 Å². The number of rotatable bonds is 4. The van der Waals surface area contributed by atoms with Crippen molar-refractivity contribution in [2.24, 2.45) is 0 Å². The van der Waals surface area contributed by atoms with E-state index in [1.807, 2.05) is 0 Å². The number of hydrogen-bond acceptors (Lipinski definition) is 2. The molecule has 2 heteroatoms. The van der Waals surface area contributed by atoms with Gasteiger partial charge in [0.15, 0.2) is 0 Å². The Hall–Kier alpha value is -5.60. The molecule has 2 nitrogen and oxygen atoms in total. The van der Waals surface area contributed by atoms with Gasteiger partial charge in [0.25, 0.3) is 0 Å². The topological polar surface area (TPSA) is 25.2 Å². The van der Waals surface area contributed by atoms with Gasteiger partial charge in [-0.3, -0.25) is 0 Å². The summed E-state index contributed by atoms with van der Waals surface area (Å²) < 4.78 is 6.58. The number of anilines is 2. The van der Waals surface area contributed by atoms with Crippen LogP contribution < -0.4 is 5.32 Å². The molecule has 0 amide bonds. The molecule has 0 fully saturated rings. The normalized spacial score (nSPS) is 13.3. The highest BCUT2D eigenvalue weighted by atomic mass is 16.3. The largest absolute Gasteiger partial charge is 0.455 e. The summed E-state index contributed by atoms with van der Waals surface area (Å²) in [5, 5.41) is 8.29. The molecule has 1 N–H and O–H groups in total. The molecule has 0 unspecified atom stereocenters. The zero-order valence-corrected chi connectivity index (χ0v) is 25.3. The van der Waals surface area contributed by atoms with Crippen LogP contribution in [0, 0.1) is 0 Å². The average molecular weight is 578 g/mol. The highest BCUT2D eigenvalue weighted by Gasteiger charge is 2.37. The van der Waals surface area contributed by atoms with Crippen molar-refractivity contribution < 1.29 is 4.42 Å². The summed E-state index contributed by atoms with van der Waals surface area (Å²) in [6.07, 6.45) is 0. The fourth-order valence-corrected chi connectivity index (χ4v) is 7.51. The smallest absolute Gasteiger partial charge is 0.143 e. The zero-order chi connectivity index (χ0) is 30.1. The second kappa shape index (κ2) is 9.70. The van der Waals surface area contributed by atoms with E-state index in [2.05, 4.69) is 165 Å². The van der Waals surface area contributed by atoms with E-state index in [0.717, 1.165) is 49.8 Å². The molecule has 0 atom stereocenters. The van der Waals surface area contributed by atoms with Gasteiger partial charge in [-0.2, -0.15) is 0 Å². The quantitative estimate of drug-likeness (QED) is 0.225. The van der Waals surface area contributed by atoms with Crippen LogP contribution >= 0.6 is 0 Å². The molecule has 9 rings (SSSR count). The summed E-state index contributed by atoms with van der Waals surface area (Å²) in [7, 11) is 0. The molecule has 7 aromatic carbocycles. The molecule has 1 aromatic heterocycles. The summed E-state index contributed by atoms with van der Waals surface area (Å²) in [6.45, 7) is 4.69. The lowest BCUT2D eigenvalue weighted by Crippen LogP contribution is -2.16. The molecule has 0 bridgehead atoms. The van der Waals surface area contributed by atoms with Gasteiger partial charge < -0.3 is 9.73 Å². The van der Waals surface area contributed by atoms with Gasteiger partial charge in [-0.05, 0) is 74.7 Å². The first kappa shape index (κ1) is 25.9. The van der Waals surface area contributed by atoms with Crippen molar-refractivity contribution in [3.05, 3.63) is 157 Å². The SMILES string of the molecule is CC1(C)c2ccccc2-c2cccc(-c3cccc(Nc4ccc(-c5cccc6c5oc5c7ccccc7ccc65)cc4)c3)c21. The highest BCUT2D eigenvalue weighted by Crippen LogP contribution is 2.52. The Morgan fingerprint density at radius 1 is 0.467 bits per heavy atom. The summed E-state index contributed by atoms with van der Waals surface area (Å²) in [4.78, 5) is 0. The third kappa shape index (κ3) is 3.96. The van der Waals surface area contributed by atoms with E-state index in [1.165, 1.54) is 38.8 Å². The van der Waals surface area contributed by atoms with E-state index < -0.39 is 0 Å². The average Bonchev–Trinajstić information content (AvgIpc) is 3.58. The maximum absolute atomic E-state index is 6.58. The van der Waals surface area contributed by atoms with Crippen LogP contribution in [0.5, 0.6) is 0 Å². The Morgan fingerprint density at radius 3 is 2.07 bits per heavy atom. The number of para-hydroxylation sites is 1. The lowest BCUT2D eigenvalue weighted by Gasteiger charge is -2.24. The Morgan fingerprint density at radius 2 is 1.16 bits per heavy atom. The van der Waals surface area contributed by atoms with Crippen molar-refractivity contribution in [3.8, 4) is 33.4 Å². The Bertz CT molecular complexity index is 2430. The second-order valence-corrected chi connectivity index (χ2v) is 12.6. The molecule has 8 aromatic rings. The first-order valence-corrected chi connectivity index (χ1v) is 15.6. The van der Waals surface area contributed by atoms with Crippen molar-refractivity contribution in [1.29, 1.82) is 0 Å². The van der Waals surface area contributed by atoms with Crippen LogP contribution in [0.15, 0.2) is 150 Å². The van der Waals surface area contributed by atoms with Crippen LogP contribution in [0.4, 0.5) is 11.4 Å². The predicted molar refractivity (Wildman–Crippen MR) is 189 cm³/mol. The van der Waals surface area contributed by atoms with E-state index in [0.29, 0.717) is 0 Å². The summed E-state index contributed by atoms with van der Waals surface area (Å²) in [5.74, 6) is 0.